The quantitative estimate of drug-likeness (QED) is 0.694. The molecule has 2 N–H and O–H groups in total. The minimum absolute atomic E-state index is 0.200. The van der Waals surface area contributed by atoms with Gasteiger partial charge in [-0.1, -0.05) is 12.2 Å². The van der Waals surface area contributed by atoms with Gasteiger partial charge in [0, 0.05) is 13.1 Å². The second-order valence-corrected chi connectivity index (χ2v) is 4.57. The van der Waals surface area contributed by atoms with Crippen LogP contribution < -0.4 is 5.43 Å². The fourth-order valence-electron chi connectivity index (χ4n) is 2.29. The number of rotatable bonds is 3. The van der Waals surface area contributed by atoms with Crippen molar-refractivity contribution < 1.29 is 19.4 Å². The van der Waals surface area contributed by atoms with Crippen molar-refractivity contribution in [2.75, 3.05) is 26.3 Å². The van der Waals surface area contributed by atoms with E-state index < -0.39 is 17.8 Å². The molecule has 2 atom stereocenters. The van der Waals surface area contributed by atoms with Crippen LogP contribution in [-0.4, -0.2) is 48.3 Å². The summed E-state index contributed by atoms with van der Waals surface area (Å²) in [4.78, 5) is 23.2. The smallest absolute Gasteiger partial charge is 0.307 e. The first-order valence-corrected chi connectivity index (χ1v) is 6.19. The number of carbonyl (C=O) groups is 2. The summed E-state index contributed by atoms with van der Waals surface area (Å²) in [5.41, 5.74) is 2.79. The molecule has 1 saturated heterocycles. The van der Waals surface area contributed by atoms with Crippen molar-refractivity contribution in [3.05, 3.63) is 12.2 Å². The van der Waals surface area contributed by atoms with Gasteiger partial charge >= 0.3 is 5.97 Å². The van der Waals surface area contributed by atoms with E-state index in [9.17, 15) is 9.59 Å². The highest BCUT2D eigenvalue weighted by atomic mass is 16.5. The van der Waals surface area contributed by atoms with Gasteiger partial charge in [0.15, 0.2) is 0 Å². The number of ether oxygens (including phenoxy) is 1. The molecular weight excluding hydrogens is 236 g/mol. The van der Waals surface area contributed by atoms with Crippen LogP contribution in [0.25, 0.3) is 0 Å². The highest BCUT2D eigenvalue weighted by molar-refractivity contribution is 5.85. The fraction of sp³-hybridized carbons (Fsp3) is 0.667. The zero-order valence-corrected chi connectivity index (χ0v) is 10.2. The molecule has 1 amide bonds. The lowest BCUT2D eigenvalue weighted by Crippen LogP contribution is -2.51. The number of allylic oxidation sites excluding steroid dienone is 2. The highest BCUT2D eigenvalue weighted by Crippen LogP contribution is 2.26. The molecule has 1 aliphatic heterocycles. The van der Waals surface area contributed by atoms with E-state index in [1.165, 1.54) is 0 Å². The maximum Gasteiger partial charge on any atom is 0.307 e. The van der Waals surface area contributed by atoms with Crippen molar-refractivity contribution in [1.29, 1.82) is 0 Å². The van der Waals surface area contributed by atoms with Crippen LogP contribution in [0.15, 0.2) is 12.2 Å². The average Bonchev–Trinajstić information content (AvgIpc) is 2.40. The third-order valence-corrected chi connectivity index (χ3v) is 3.37. The Labute approximate surface area is 106 Å². The average molecular weight is 254 g/mol. The van der Waals surface area contributed by atoms with E-state index in [4.69, 9.17) is 9.84 Å². The molecule has 1 aliphatic carbocycles. The zero-order chi connectivity index (χ0) is 13.0. The summed E-state index contributed by atoms with van der Waals surface area (Å²) in [6.45, 7) is 2.47. The first-order valence-electron chi connectivity index (χ1n) is 6.19. The molecule has 0 aromatic carbocycles. The van der Waals surface area contributed by atoms with Gasteiger partial charge in [-0.3, -0.25) is 15.0 Å². The number of nitrogens with one attached hydrogen (secondary N) is 1. The van der Waals surface area contributed by atoms with Crippen molar-refractivity contribution in [3.63, 3.8) is 0 Å². The van der Waals surface area contributed by atoms with Gasteiger partial charge in [-0.25, -0.2) is 5.01 Å². The molecule has 0 bridgehead atoms. The minimum atomic E-state index is -0.901. The number of hydrazine groups is 1. The molecule has 0 saturated carbocycles. The van der Waals surface area contributed by atoms with Crippen molar-refractivity contribution in [3.8, 4) is 0 Å². The first kappa shape index (κ1) is 13.0. The van der Waals surface area contributed by atoms with Crippen molar-refractivity contribution in [2.24, 2.45) is 11.8 Å². The Bertz CT molecular complexity index is 350. The van der Waals surface area contributed by atoms with Gasteiger partial charge in [-0.15, -0.1) is 0 Å². The van der Waals surface area contributed by atoms with Gasteiger partial charge < -0.3 is 9.84 Å². The molecule has 1 fully saturated rings. The van der Waals surface area contributed by atoms with Crippen LogP contribution in [0.3, 0.4) is 0 Å². The number of hydrogen-bond donors (Lipinski definition) is 2. The molecule has 0 aromatic heterocycles. The lowest BCUT2D eigenvalue weighted by molar-refractivity contribution is -0.149. The second kappa shape index (κ2) is 5.97. The Hall–Kier alpha value is -1.40. The Morgan fingerprint density at radius 1 is 1.17 bits per heavy atom. The van der Waals surface area contributed by atoms with Crippen molar-refractivity contribution >= 4 is 11.9 Å². The number of amides is 1. The Kier molecular flexibility index (Phi) is 4.33. The van der Waals surface area contributed by atoms with Crippen LogP contribution in [0.2, 0.25) is 0 Å². The van der Waals surface area contributed by atoms with Crippen molar-refractivity contribution in [1.82, 2.24) is 10.4 Å². The largest absolute Gasteiger partial charge is 0.481 e. The minimum Gasteiger partial charge on any atom is -0.481 e. The van der Waals surface area contributed by atoms with E-state index >= 15 is 0 Å². The highest BCUT2D eigenvalue weighted by Gasteiger charge is 2.34. The predicted octanol–water partition coefficient (Wildman–Crippen LogP) is 0.0168. The zero-order valence-electron chi connectivity index (χ0n) is 10.2. The lowest BCUT2D eigenvalue weighted by atomic mass is 9.82. The van der Waals surface area contributed by atoms with E-state index in [-0.39, 0.29) is 5.91 Å². The normalized spacial score (nSPS) is 28.9. The number of morpholine rings is 1. The maximum atomic E-state index is 12.1. The molecule has 2 aliphatic rings. The number of hydrogen-bond acceptors (Lipinski definition) is 4. The van der Waals surface area contributed by atoms with Crippen LogP contribution in [0.1, 0.15) is 12.8 Å². The number of carboxylic acids is 1. The topological polar surface area (TPSA) is 78.9 Å². The maximum absolute atomic E-state index is 12.1. The van der Waals surface area contributed by atoms with E-state index in [0.717, 1.165) is 0 Å². The summed E-state index contributed by atoms with van der Waals surface area (Å²) < 4.78 is 5.19. The summed E-state index contributed by atoms with van der Waals surface area (Å²) in [5.74, 6) is -2.19. The van der Waals surface area contributed by atoms with Gasteiger partial charge in [0.25, 0.3) is 0 Å². The van der Waals surface area contributed by atoms with Gasteiger partial charge in [0.1, 0.15) is 0 Å². The summed E-state index contributed by atoms with van der Waals surface area (Å²) in [5, 5.41) is 10.9. The van der Waals surface area contributed by atoms with Gasteiger partial charge in [-0.2, -0.15) is 0 Å². The molecule has 0 aromatic rings. The molecule has 0 spiro atoms. The van der Waals surface area contributed by atoms with E-state index in [1.54, 1.807) is 5.01 Å². The summed E-state index contributed by atoms with van der Waals surface area (Å²) in [6.07, 6.45) is 4.63. The Morgan fingerprint density at radius 3 is 2.39 bits per heavy atom. The van der Waals surface area contributed by atoms with Gasteiger partial charge in [-0.05, 0) is 12.8 Å². The third-order valence-electron chi connectivity index (χ3n) is 3.37. The van der Waals surface area contributed by atoms with Crippen LogP contribution in [-0.2, 0) is 14.3 Å². The van der Waals surface area contributed by atoms with Gasteiger partial charge in [0.2, 0.25) is 5.91 Å². The van der Waals surface area contributed by atoms with Crippen LogP contribution >= 0.6 is 0 Å². The second-order valence-electron chi connectivity index (χ2n) is 4.57. The Morgan fingerprint density at radius 2 is 1.78 bits per heavy atom. The number of carboxylic acid groups (broad SMARTS) is 1. The van der Waals surface area contributed by atoms with Crippen LogP contribution in [0.4, 0.5) is 0 Å². The lowest BCUT2D eigenvalue weighted by Gasteiger charge is -2.31. The first-order chi connectivity index (χ1) is 8.68. The monoisotopic (exact) mass is 254 g/mol. The standard InChI is InChI=1S/C12H18N2O4/c15-11(13-14-5-7-18-8-6-14)9-3-1-2-4-10(9)12(16)17/h1-2,9-10H,3-8H2,(H,13,15)(H,16,17). The molecule has 100 valence electrons. The molecule has 6 nitrogen and oxygen atoms in total. The van der Waals surface area contributed by atoms with Crippen molar-refractivity contribution in [2.45, 2.75) is 12.8 Å². The Balaban J connectivity index is 1.93. The van der Waals surface area contributed by atoms with Crippen LogP contribution in [0.5, 0.6) is 0 Å². The van der Waals surface area contributed by atoms with Gasteiger partial charge in [0.05, 0.1) is 25.0 Å². The molecular formula is C12H18N2O4. The molecule has 1 heterocycles. The number of aliphatic carboxylic acids is 1. The van der Waals surface area contributed by atoms with E-state index in [0.29, 0.717) is 39.1 Å². The number of nitrogens with zero attached hydrogens (tertiary/aromatic N) is 1. The number of carbonyl (C=O) groups excluding carboxylic acids is 1. The van der Waals surface area contributed by atoms with E-state index in [1.807, 2.05) is 12.2 Å². The molecule has 2 unspecified atom stereocenters. The predicted molar refractivity (Wildman–Crippen MR) is 63.5 cm³/mol. The molecule has 6 heteroatoms. The molecule has 18 heavy (non-hydrogen) atoms. The molecule has 2 rings (SSSR count). The summed E-state index contributed by atoms with van der Waals surface area (Å²) in [6, 6.07) is 0. The molecule has 0 radical (unpaired) electrons. The van der Waals surface area contributed by atoms with E-state index in [2.05, 4.69) is 5.43 Å². The SMILES string of the molecule is O=C(O)C1CC=CCC1C(=O)NN1CCOCC1. The summed E-state index contributed by atoms with van der Waals surface area (Å²) in [7, 11) is 0. The fourth-order valence-corrected chi connectivity index (χ4v) is 2.29. The summed E-state index contributed by atoms with van der Waals surface area (Å²) >= 11 is 0. The van der Waals surface area contributed by atoms with Crippen LogP contribution in [0, 0.1) is 11.8 Å². The third kappa shape index (κ3) is 3.08.